The highest BCUT2D eigenvalue weighted by Gasteiger charge is 2.37. The maximum Gasteiger partial charge on any atom is 0.326 e. The van der Waals surface area contributed by atoms with Crippen LogP contribution in [0.2, 0.25) is 5.02 Å². The number of nitrogens with zero attached hydrogens (tertiary/aromatic N) is 1. The summed E-state index contributed by atoms with van der Waals surface area (Å²) in [6.45, 7) is 2.19. The molecule has 2 atom stereocenters. The van der Waals surface area contributed by atoms with Gasteiger partial charge in [-0.05, 0) is 37.0 Å². The average Bonchev–Trinajstić information content (AvgIpc) is 2.42. The lowest BCUT2D eigenvalue weighted by Crippen LogP contribution is -2.53. The van der Waals surface area contributed by atoms with Crippen molar-refractivity contribution >= 4 is 29.3 Å². The van der Waals surface area contributed by atoms with Crippen molar-refractivity contribution in [3.8, 4) is 0 Å². The summed E-state index contributed by atoms with van der Waals surface area (Å²) in [7, 11) is 0. The van der Waals surface area contributed by atoms with E-state index in [2.05, 4.69) is 5.32 Å². The Labute approximate surface area is 126 Å². The molecular weight excluding hydrogens is 299 g/mol. The van der Waals surface area contributed by atoms with Gasteiger partial charge in [-0.3, -0.25) is 0 Å². The molecule has 114 valence electrons. The Balaban J connectivity index is 2.14. The second-order valence-corrected chi connectivity index (χ2v) is 5.56. The zero-order valence-electron chi connectivity index (χ0n) is 11.5. The normalized spacial score (nSPS) is 22.0. The third-order valence-electron chi connectivity index (χ3n) is 3.62. The third-order valence-corrected chi connectivity index (χ3v) is 3.91. The van der Waals surface area contributed by atoms with Crippen LogP contribution in [-0.4, -0.2) is 34.6 Å². The molecule has 0 spiro atoms. The molecule has 21 heavy (non-hydrogen) atoms. The quantitative estimate of drug-likeness (QED) is 0.880. The van der Waals surface area contributed by atoms with Crippen LogP contribution in [0.5, 0.6) is 0 Å². The number of rotatable bonds is 2. The first-order valence-electron chi connectivity index (χ1n) is 6.65. The van der Waals surface area contributed by atoms with Crippen LogP contribution in [0.15, 0.2) is 18.2 Å². The van der Waals surface area contributed by atoms with E-state index < -0.39 is 23.9 Å². The molecule has 1 saturated heterocycles. The Hall–Kier alpha value is -1.82. The Kier molecular flexibility index (Phi) is 4.67. The summed E-state index contributed by atoms with van der Waals surface area (Å²) < 4.78 is 13.1. The number of carbonyl (C=O) groups is 2. The summed E-state index contributed by atoms with van der Waals surface area (Å²) in [5.41, 5.74) is 0.328. The second-order valence-electron chi connectivity index (χ2n) is 5.16. The summed E-state index contributed by atoms with van der Waals surface area (Å²) in [4.78, 5) is 24.9. The molecule has 1 aliphatic heterocycles. The Morgan fingerprint density at radius 3 is 2.81 bits per heavy atom. The number of carbonyl (C=O) groups excluding carboxylic acids is 1. The smallest absolute Gasteiger partial charge is 0.326 e. The third kappa shape index (κ3) is 3.44. The van der Waals surface area contributed by atoms with Gasteiger partial charge in [-0.1, -0.05) is 18.5 Å². The summed E-state index contributed by atoms with van der Waals surface area (Å²) >= 11 is 5.65. The lowest BCUT2D eigenvalue weighted by Gasteiger charge is -2.37. The molecule has 2 unspecified atom stereocenters. The van der Waals surface area contributed by atoms with E-state index in [0.29, 0.717) is 12.2 Å². The van der Waals surface area contributed by atoms with E-state index in [1.807, 2.05) is 6.92 Å². The van der Waals surface area contributed by atoms with Gasteiger partial charge in [0.05, 0.1) is 5.02 Å². The first-order chi connectivity index (χ1) is 9.90. The number of halogens is 2. The number of likely N-dealkylation sites (tertiary alicyclic amines) is 1. The van der Waals surface area contributed by atoms with Crippen molar-refractivity contribution in [1.29, 1.82) is 0 Å². The fourth-order valence-electron chi connectivity index (χ4n) is 2.56. The molecule has 2 N–H and O–H groups in total. The van der Waals surface area contributed by atoms with Crippen LogP contribution in [0.1, 0.15) is 19.8 Å². The van der Waals surface area contributed by atoms with Crippen molar-refractivity contribution in [2.75, 3.05) is 11.9 Å². The van der Waals surface area contributed by atoms with Gasteiger partial charge in [0.1, 0.15) is 11.9 Å². The van der Waals surface area contributed by atoms with Crippen molar-refractivity contribution < 1.29 is 19.1 Å². The lowest BCUT2D eigenvalue weighted by molar-refractivity contribution is -0.145. The van der Waals surface area contributed by atoms with E-state index >= 15 is 0 Å². The number of carboxylic acids is 1. The molecule has 0 radical (unpaired) electrons. The van der Waals surface area contributed by atoms with Crippen LogP contribution < -0.4 is 5.32 Å². The van der Waals surface area contributed by atoms with E-state index in [-0.39, 0.29) is 10.9 Å². The van der Waals surface area contributed by atoms with Gasteiger partial charge >= 0.3 is 12.0 Å². The molecule has 1 heterocycles. The van der Waals surface area contributed by atoms with Gasteiger partial charge in [-0.25, -0.2) is 14.0 Å². The largest absolute Gasteiger partial charge is 0.480 e. The molecule has 7 heteroatoms. The van der Waals surface area contributed by atoms with E-state index in [1.54, 1.807) is 0 Å². The molecule has 1 aliphatic rings. The maximum absolute atomic E-state index is 13.1. The minimum Gasteiger partial charge on any atom is -0.480 e. The van der Waals surface area contributed by atoms with Gasteiger partial charge in [0.15, 0.2) is 0 Å². The van der Waals surface area contributed by atoms with E-state index in [4.69, 9.17) is 11.6 Å². The number of hydrogen-bond donors (Lipinski definition) is 2. The number of carboxylic acid groups (broad SMARTS) is 1. The number of aliphatic carboxylic acids is 1. The van der Waals surface area contributed by atoms with Crippen molar-refractivity contribution in [2.24, 2.45) is 5.92 Å². The zero-order chi connectivity index (χ0) is 15.6. The highest BCUT2D eigenvalue weighted by atomic mass is 35.5. The highest BCUT2D eigenvalue weighted by molar-refractivity contribution is 6.31. The molecule has 2 rings (SSSR count). The molecule has 0 bridgehead atoms. The SMILES string of the molecule is CC1CCCN(C(=O)Nc2ccc(F)c(Cl)c2)C1C(=O)O. The molecule has 1 aromatic rings. The average molecular weight is 315 g/mol. The molecule has 1 aromatic carbocycles. The topological polar surface area (TPSA) is 69.6 Å². The molecular formula is C14H16ClFN2O3. The fourth-order valence-corrected chi connectivity index (χ4v) is 2.74. The first-order valence-corrected chi connectivity index (χ1v) is 7.03. The standard InChI is InChI=1S/C14H16ClFN2O3/c1-8-3-2-6-18(12(8)13(19)20)14(21)17-9-4-5-11(16)10(15)7-9/h4-5,7-8,12H,2-3,6H2,1H3,(H,17,21)(H,19,20). The van der Waals surface area contributed by atoms with Crippen LogP contribution in [0.3, 0.4) is 0 Å². The molecule has 5 nitrogen and oxygen atoms in total. The van der Waals surface area contributed by atoms with Crippen molar-refractivity contribution in [2.45, 2.75) is 25.8 Å². The van der Waals surface area contributed by atoms with Gasteiger partial charge in [0, 0.05) is 12.2 Å². The Bertz CT molecular complexity index is 567. The highest BCUT2D eigenvalue weighted by Crippen LogP contribution is 2.25. The predicted octanol–water partition coefficient (Wildman–Crippen LogP) is 3.20. The minimum atomic E-state index is -1.02. The predicted molar refractivity (Wildman–Crippen MR) is 77.0 cm³/mol. The monoisotopic (exact) mass is 314 g/mol. The number of nitrogens with one attached hydrogen (secondary N) is 1. The molecule has 0 aromatic heterocycles. The van der Waals surface area contributed by atoms with Crippen LogP contribution in [0, 0.1) is 11.7 Å². The van der Waals surface area contributed by atoms with E-state index in [1.165, 1.54) is 17.0 Å². The van der Waals surface area contributed by atoms with Gasteiger partial charge < -0.3 is 15.3 Å². The molecule has 0 aliphatic carbocycles. The summed E-state index contributed by atoms with van der Waals surface area (Å²) in [5, 5.41) is 11.7. The number of urea groups is 1. The van der Waals surface area contributed by atoms with Gasteiger partial charge in [-0.15, -0.1) is 0 Å². The number of anilines is 1. The fraction of sp³-hybridized carbons (Fsp3) is 0.429. The Morgan fingerprint density at radius 1 is 1.48 bits per heavy atom. The van der Waals surface area contributed by atoms with Crippen LogP contribution in [0.4, 0.5) is 14.9 Å². The summed E-state index contributed by atoms with van der Waals surface area (Å²) in [6, 6.07) is 2.44. The number of piperidine rings is 1. The lowest BCUT2D eigenvalue weighted by atomic mass is 9.91. The van der Waals surface area contributed by atoms with Gasteiger partial charge in [-0.2, -0.15) is 0 Å². The molecule has 2 amide bonds. The first kappa shape index (κ1) is 15.6. The number of amides is 2. The Morgan fingerprint density at radius 2 is 2.19 bits per heavy atom. The van der Waals surface area contributed by atoms with Crippen molar-refractivity contribution in [3.05, 3.63) is 29.0 Å². The molecule has 1 fully saturated rings. The molecule has 0 saturated carbocycles. The van der Waals surface area contributed by atoms with E-state index in [9.17, 15) is 19.1 Å². The van der Waals surface area contributed by atoms with Crippen molar-refractivity contribution in [3.63, 3.8) is 0 Å². The second kappa shape index (κ2) is 6.30. The summed E-state index contributed by atoms with van der Waals surface area (Å²) in [6.07, 6.45) is 1.52. The van der Waals surface area contributed by atoms with Crippen LogP contribution in [-0.2, 0) is 4.79 Å². The van der Waals surface area contributed by atoms with E-state index in [0.717, 1.165) is 18.9 Å². The van der Waals surface area contributed by atoms with Gasteiger partial charge in [0.2, 0.25) is 0 Å². The van der Waals surface area contributed by atoms with Crippen molar-refractivity contribution in [1.82, 2.24) is 4.90 Å². The summed E-state index contributed by atoms with van der Waals surface area (Å²) in [5.74, 6) is -1.71. The van der Waals surface area contributed by atoms with Crippen LogP contribution >= 0.6 is 11.6 Å². The minimum absolute atomic E-state index is 0.102. The van der Waals surface area contributed by atoms with Crippen LogP contribution in [0.25, 0.3) is 0 Å². The number of hydrogen-bond acceptors (Lipinski definition) is 2. The maximum atomic E-state index is 13.1. The van der Waals surface area contributed by atoms with Gasteiger partial charge in [0.25, 0.3) is 0 Å². The zero-order valence-corrected chi connectivity index (χ0v) is 12.2. The number of benzene rings is 1.